The first-order valence-corrected chi connectivity index (χ1v) is 6.46. The molecule has 0 aromatic rings. The first-order valence-electron chi connectivity index (χ1n) is 6.46. The molecule has 21 heavy (non-hydrogen) atoms. The van der Waals surface area contributed by atoms with E-state index in [9.17, 15) is 19.2 Å². The van der Waals surface area contributed by atoms with Gasteiger partial charge in [-0.1, -0.05) is 33.1 Å². The number of allylic oxidation sites excluding steroid dienone is 2. The Morgan fingerprint density at radius 1 is 1.19 bits per heavy atom. The first kappa shape index (κ1) is 16.4. The summed E-state index contributed by atoms with van der Waals surface area (Å²) in [5, 5.41) is 4.36. The topological polar surface area (TPSA) is 95.6 Å². The van der Waals surface area contributed by atoms with Gasteiger partial charge in [0.25, 0.3) is 17.7 Å². The summed E-state index contributed by atoms with van der Waals surface area (Å²) in [4.78, 5) is 47.5. The fourth-order valence-electron chi connectivity index (χ4n) is 1.91. The molecule has 2 aliphatic rings. The number of nitrogens with one attached hydrogen (secondary N) is 2. The van der Waals surface area contributed by atoms with Crippen molar-refractivity contribution in [2.45, 2.75) is 19.9 Å². The van der Waals surface area contributed by atoms with Gasteiger partial charge in [-0.05, 0) is 6.08 Å². The Morgan fingerprint density at radius 3 is 2.33 bits per heavy atom. The average Bonchev–Trinajstić information content (AvgIpc) is 2.67. The monoisotopic (exact) mass is 291 g/mol. The van der Waals surface area contributed by atoms with Crippen molar-refractivity contribution in [3.05, 3.63) is 36.5 Å². The molecule has 2 N–H and O–H groups in total. The first-order chi connectivity index (χ1) is 9.97. The number of rotatable bonds is 2. The maximum Gasteiger partial charge on any atom is 0.321 e. The maximum atomic E-state index is 12.1. The Kier molecular flexibility index (Phi) is 5.18. The number of carbonyl (C=O) groups is 4. The molecule has 2 fully saturated rings. The fourth-order valence-corrected chi connectivity index (χ4v) is 1.91. The number of hydrogen-bond acceptors (Lipinski definition) is 4. The van der Waals surface area contributed by atoms with E-state index in [4.69, 9.17) is 0 Å². The largest absolute Gasteiger partial charge is 0.335 e. The highest BCUT2D eigenvalue weighted by atomic mass is 16.2. The highest BCUT2D eigenvalue weighted by Gasteiger charge is 2.45. The molecule has 2 rings (SSSR count). The zero-order valence-electron chi connectivity index (χ0n) is 11.9. The van der Waals surface area contributed by atoms with Gasteiger partial charge < -0.3 is 5.32 Å². The van der Waals surface area contributed by atoms with Crippen molar-refractivity contribution >= 4 is 23.8 Å². The molecule has 0 aliphatic carbocycles. The van der Waals surface area contributed by atoms with Crippen LogP contribution in [0.4, 0.5) is 4.79 Å². The zero-order chi connectivity index (χ0) is 16.2. The smallest absolute Gasteiger partial charge is 0.321 e. The van der Waals surface area contributed by atoms with Crippen LogP contribution in [0.1, 0.15) is 13.8 Å². The van der Waals surface area contributed by atoms with Crippen LogP contribution < -0.4 is 10.6 Å². The maximum absolute atomic E-state index is 12.1. The van der Waals surface area contributed by atoms with Crippen LogP contribution in [0.5, 0.6) is 0 Å². The van der Waals surface area contributed by atoms with Crippen molar-refractivity contribution in [2.75, 3.05) is 6.54 Å². The third kappa shape index (κ3) is 2.91. The normalized spacial score (nSPS) is 23.5. The van der Waals surface area contributed by atoms with Gasteiger partial charge in [0.15, 0.2) is 0 Å². The molecule has 1 unspecified atom stereocenters. The Morgan fingerprint density at radius 2 is 1.81 bits per heavy atom. The number of likely N-dealkylation sites (tertiary alicyclic amines) is 1. The van der Waals surface area contributed by atoms with E-state index in [-0.39, 0.29) is 17.7 Å². The van der Waals surface area contributed by atoms with Crippen LogP contribution in [0, 0.1) is 0 Å². The number of carbonyl (C=O) groups excluding carboxylic acids is 4. The molecular formula is C14H17N3O4. The highest BCUT2D eigenvalue weighted by molar-refractivity contribution is 6.26. The van der Waals surface area contributed by atoms with E-state index in [0.717, 1.165) is 4.90 Å². The Labute approximate surface area is 122 Å². The Bertz CT molecular complexity index is 563. The van der Waals surface area contributed by atoms with E-state index in [1.807, 2.05) is 19.2 Å². The van der Waals surface area contributed by atoms with Crippen LogP contribution in [0.25, 0.3) is 0 Å². The van der Waals surface area contributed by atoms with Gasteiger partial charge in [0, 0.05) is 12.1 Å². The predicted molar refractivity (Wildman–Crippen MR) is 76.0 cm³/mol. The number of imide groups is 2. The standard InChI is InChI=1S/C12H11N3O4.C2H6/c1-3-4-7-6(2)10(17)15(11(7)18)8-5-13-12(19)14-9(8)16;1-2/h3-4,8H,1-2,5H2,(H2,13,14,16,19);1-2H3/b7-4+;. The molecule has 0 bridgehead atoms. The SMILES string of the molecule is C=C/C=C1\C(=C)C(=O)N(C2CNC(=O)NC2=O)C1=O.CC. The predicted octanol–water partition coefficient (Wildman–Crippen LogP) is 0.258. The van der Waals surface area contributed by atoms with Gasteiger partial charge in [0.2, 0.25) is 0 Å². The van der Waals surface area contributed by atoms with Crippen LogP contribution in [0.15, 0.2) is 36.5 Å². The van der Waals surface area contributed by atoms with Crippen molar-refractivity contribution in [2.24, 2.45) is 0 Å². The van der Waals surface area contributed by atoms with Crippen molar-refractivity contribution in [1.29, 1.82) is 0 Å². The molecule has 0 aromatic heterocycles. The highest BCUT2D eigenvalue weighted by Crippen LogP contribution is 2.26. The van der Waals surface area contributed by atoms with E-state index < -0.39 is 29.8 Å². The Hall–Kier alpha value is -2.70. The summed E-state index contributed by atoms with van der Waals surface area (Å²) in [7, 11) is 0. The van der Waals surface area contributed by atoms with E-state index in [2.05, 4.69) is 18.5 Å². The minimum absolute atomic E-state index is 0.00889. The summed E-state index contributed by atoms with van der Waals surface area (Å²) in [6.45, 7) is 10.9. The number of nitrogens with zero attached hydrogens (tertiary/aromatic N) is 1. The van der Waals surface area contributed by atoms with Crippen molar-refractivity contribution < 1.29 is 19.2 Å². The van der Waals surface area contributed by atoms with E-state index >= 15 is 0 Å². The molecule has 0 spiro atoms. The third-order valence-corrected chi connectivity index (χ3v) is 2.84. The lowest BCUT2D eigenvalue weighted by atomic mass is 10.1. The molecule has 0 saturated carbocycles. The molecule has 7 nitrogen and oxygen atoms in total. The lowest BCUT2D eigenvalue weighted by Crippen LogP contribution is -2.62. The van der Waals surface area contributed by atoms with Crippen LogP contribution in [0.3, 0.4) is 0 Å². The minimum atomic E-state index is -1.06. The zero-order valence-corrected chi connectivity index (χ0v) is 11.9. The third-order valence-electron chi connectivity index (χ3n) is 2.84. The summed E-state index contributed by atoms with van der Waals surface area (Å²) >= 11 is 0. The number of amides is 5. The molecule has 2 aliphatic heterocycles. The van der Waals surface area contributed by atoms with Crippen LogP contribution in [-0.4, -0.2) is 41.2 Å². The van der Waals surface area contributed by atoms with Gasteiger partial charge in [0.05, 0.1) is 5.57 Å². The second-order valence-electron chi connectivity index (χ2n) is 3.99. The Balaban J connectivity index is 0.00000106. The van der Waals surface area contributed by atoms with Gasteiger partial charge in [-0.15, -0.1) is 0 Å². The number of urea groups is 1. The summed E-state index contributed by atoms with van der Waals surface area (Å²) in [6.07, 6.45) is 2.72. The summed E-state index contributed by atoms with van der Waals surface area (Å²) in [5.41, 5.74) is 0.110. The quantitative estimate of drug-likeness (QED) is 0.563. The summed E-state index contributed by atoms with van der Waals surface area (Å²) in [5.74, 6) is -1.96. The lowest BCUT2D eigenvalue weighted by Gasteiger charge is -2.28. The second-order valence-corrected chi connectivity index (χ2v) is 3.99. The lowest BCUT2D eigenvalue weighted by molar-refractivity contribution is -0.145. The molecular weight excluding hydrogens is 274 g/mol. The van der Waals surface area contributed by atoms with E-state index in [0.29, 0.717) is 0 Å². The number of hydrogen-bond donors (Lipinski definition) is 2. The van der Waals surface area contributed by atoms with Crippen LogP contribution >= 0.6 is 0 Å². The molecule has 7 heteroatoms. The summed E-state index contributed by atoms with van der Waals surface area (Å²) < 4.78 is 0. The molecule has 0 aromatic carbocycles. The molecule has 2 heterocycles. The van der Waals surface area contributed by atoms with Crippen LogP contribution in [0.2, 0.25) is 0 Å². The van der Waals surface area contributed by atoms with Crippen LogP contribution in [-0.2, 0) is 14.4 Å². The summed E-state index contributed by atoms with van der Waals surface area (Å²) in [6, 6.07) is -1.72. The van der Waals surface area contributed by atoms with Crippen molar-refractivity contribution in [3.63, 3.8) is 0 Å². The van der Waals surface area contributed by atoms with Gasteiger partial charge >= 0.3 is 6.03 Å². The van der Waals surface area contributed by atoms with Gasteiger partial charge in [-0.2, -0.15) is 0 Å². The molecule has 5 amide bonds. The molecule has 2 saturated heterocycles. The van der Waals surface area contributed by atoms with Gasteiger partial charge in [-0.3, -0.25) is 24.6 Å². The fraction of sp³-hybridized carbons (Fsp3) is 0.286. The van der Waals surface area contributed by atoms with E-state index in [1.54, 1.807) is 0 Å². The van der Waals surface area contributed by atoms with E-state index in [1.165, 1.54) is 12.2 Å². The minimum Gasteiger partial charge on any atom is -0.335 e. The van der Waals surface area contributed by atoms with Gasteiger partial charge in [0.1, 0.15) is 6.04 Å². The molecule has 112 valence electrons. The van der Waals surface area contributed by atoms with Gasteiger partial charge in [-0.25, -0.2) is 4.79 Å². The molecule has 0 radical (unpaired) electrons. The average molecular weight is 291 g/mol. The molecule has 1 atom stereocenters. The van der Waals surface area contributed by atoms with Crippen molar-refractivity contribution in [1.82, 2.24) is 15.5 Å². The second kappa shape index (κ2) is 6.65. The van der Waals surface area contributed by atoms with Crippen molar-refractivity contribution in [3.8, 4) is 0 Å².